The van der Waals surface area contributed by atoms with Crippen LogP contribution in [0.4, 0.5) is 5.82 Å². The molecule has 1 aromatic rings. The van der Waals surface area contributed by atoms with E-state index < -0.39 is 12.0 Å². The second-order valence-corrected chi connectivity index (χ2v) is 6.09. The Kier molecular flexibility index (Phi) is 4.34. The maximum atomic E-state index is 11.8. The molecule has 0 bridgehead atoms. The van der Waals surface area contributed by atoms with Crippen molar-refractivity contribution in [2.45, 2.75) is 46.6 Å². The molecule has 1 aromatic heterocycles. The minimum atomic E-state index is -0.810. The number of nitrogens with zero attached hydrogens (tertiary/aromatic N) is 3. The predicted molar refractivity (Wildman–Crippen MR) is 79.7 cm³/mol. The molecule has 0 spiro atoms. The Bertz CT molecular complexity index is 531. The SMILES string of the molecule is CCOc1ncnc(N2CCCC(C)(C)C2C(=O)O)c1C. The van der Waals surface area contributed by atoms with Crippen molar-refractivity contribution in [3.05, 3.63) is 11.9 Å². The fraction of sp³-hybridized carbons (Fsp3) is 0.667. The summed E-state index contributed by atoms with van der Waals surface area (Å²) in [5.41, 5.74) is 0.496. The summed E-state index contributed by atoms with van der Waals surface area (Å²) in [6.07, 6.45) is 3.28. The van der Waals surface area contributed by atoms with E-state index in [9.17, 15) is 9.90 Å². The van der Waals surface area contributed by atoms with Gasteiger partial charge in [0, 0.05) is 6.54 Å². The van der Waals surface area contributed by atoms with Gasteiger partial charge in [0.05, 0.1) is 12.2 Å². The molecule has 1 N–H and O–H groups in total. The van der Waals surface area contributed by atoms with Crippen LogP contribution in [0.2, 0.25) is 0 Å². The van der Waals surface area contributed by atoms with Gasteiger partial charge >= 0.3 is 5.97 Å². The molecule has 0 radical (unpaired) electrons. The highest BCUT2D eigenvalue weighted by Crippen LogP contribution is 2.39. The lowest BCUT2D eigenvalue weighted by Gasteiger charge is -2.45. The fourth-order valence-corrected chi connectivity index (χ4v) is 3.09. The van der Waals surface area contributed by atoms with Crippen LogP contribution in [0.5, 0.6) is 5.88 Å². The number of ether oxygens (including phenoxy) is 1. The normalized spacial score (nSPS) is 21.1. The molecule has 2 heterocycles. The monoisotopic (exact) mass is 293 g/mol. The number of hydrogen-bond acceptors (Lipinski definition) is 5. The van der Waals surface area contributed by atoms with Crippen LogP contribution in [0.3, 0.4) is 0 Å². The van der Waals surface area contributed by atoms with Gasteiger partial charge < -0.3 is 14.7 Å². The molecule has 2 rings (SSSR count). The minimum Gasteiger partial charge on any atom is -0.480 e. The van der Waals surface area contributed by atoms with Crippen LogP contribution in [0, 0.1) is 12.3 Å². The first kappa shape index (κ1) is 15.5. The zero-order chi connectivity index (χ0) is 15.6. The minimum absolute atomic E-state index is 0.298. The van der Waals surface area contributed by atoms with Crippen molar-refractivity contribution < 1.29 is 14.6 Å². The van der Waals surface area contributed by atoms with Gasteiger partial charge in [-0.1, -0.05) is 13.8 Å². The zero-order valence-electron chi connectivity index (χ0n) is 13.1. The number of carboxylic acids is 1. The lowest BCUT2D eigenvalue weighted by atomic mass is 9.76. The van der Waals surface area contributed by atoms with Crippen molar-refractivity contribution in [3.8, 4) is 5.88 Å². The summed E-state index contributed by atoms with van der Waals surface area (Å²) in [6.45, 7) is 8.97. The first-order valence-corrected chi connectivity index (χ1v) is 7.32. The highest BCUT2D eigenvalue weighted by atomic mass is 16.5. The highest BCUT2D eigenvalue weighted by Gasteiger charge is 2.43. The first-order chi connectivity index (χ1) is 9.88. The maximum absolute atomic E-state index is 11.8. The van der Waals surface area contributed by atoms with Gasteiger partial charge in [0.15, 0.2) is 0 Å². The van der Waals surface area contributed by atoms with Gasteiger partial charge in [0.1, 0.15) is 18.2 Å². The first-order valence-electron chi connectivity index (χ1n) is 7.32. The lowest BCUT2D eigenvalue weighted by Crippen LogP contribution is -2.55. The second-order valence-electron chi connectivity index (χ2n) is 6.09. The molecule has 0 amide bonds. The number of hydrogen-bond donors (Lipinski definition) is 1. The molecule has 6 nitrogen and oxygen atoms in total. The Labute approximate surface area is 125 Å². The molecule has 0 aliphatic carbocycles. The number of anilines is 1. The van der Waals surface area contributed by atoms with Gasteiger partial charge in [0.25, 0.3) is 0 Å². The number of rotatable bonds is 4. The van der Waals surface area contributed by atoms with Crippen LogP contribution in [-0.4, -0.2) is 40.2 Å². The molecule has 1 aliphatic rings. The van der Waals surface area contributed by atoms with E-state index in [2.05, 4.69) is 9.97 Å². The molecule has 1 unspecified atom stereocenters. The highest BCUT2D eigenvalue weighted by molar-refractivity contribution is 5.79. The van der Waals surface area contributed by atoms with Crippen molar-refractivity contribution in [1.82, 2.24) is 9.97 Å². The Balaban J connectivity index is 2.44. The number of piperidine rings is 1. The predicted octanol–water partition coefficient (Wildman–Crippen LogP) is 2.26. The second kappa shape index (κ2) is 5.87. The lowest BCUT2D eigenvalue weighted by molar-refractivity contribution is -0.142. The molecule has 6 heteroatoms. The van der Waals surface area contributed by atoms with Crippen LogP contribution >= 0.6 is 0 Å². The molecule has 0 aromatic carbocycles. The molecule has 21 heavy (non-hydrogen) atoms. The van der Waals surface area contributed by atoms with Crippen LogP contribution in [0.1, 0.15) is 39.2 Å². The molecule has 116 valence electrons. The zero-order valence-corrected chi connectivity index (χ0v) is 13.1. The third kappa shape index (κ3) is 2.94. The van der Waals surface area contributed by atoms with Crippen molar-refractivity contribution in [3.63, 3.8) is 0 Å². The van der Waals surface area contributed by atoms with Gasteiger partial charge in [-0.05, 0) is 32.1 Å². The topological polar surface area (TPSA) is 75.6 Å². The Morgan fingerprint density at radius 1 is 1.52 bits per heavy atom. The number of carbonyl (C=O) groups is 1. The van der Waals surface area contributed by atoms with E-state index in [0.717, 1.165) is 18.4 Å². The summed E-state index contributed by atoms with van der Waals surface area (Å²) in [6, 6.07) is -0.589. The van der Waals surface area contributed by atoms with E-state index in [1.165, 1.54) is 6.33 Å². The summed E-state index contributed by atoms with van der Waals surface area (Å²) in [7, 11) is 0. The third-order valence-corrected chi connectivity index (χ3v) is 4.07. The van der Waals surface area contributed by atoms with Crippen LogP contribution in [0.25, 0.3) is 0 Å². The van der Waals surface area contributed by atoms with E-state index in [1.807, 2.05) is 32.6 Å². The Morgan fingerprint density at radius 3 is 2.86 bits per heavy atom. The largest absolute Gasteiger partial charge is 0.480 e. The number of aromatic nitrogens is 2. The number of aliphatic carboxylic acids is 1. The molecule has 0 saturated carbocycles. The molecule has 1 aliphatic heterocycles. The molecular formula is C15H23N3O3. The Morgan fingerprint density at radius 2 is 2.24 bits per heavy atom. The van der Waals surface area contributed by atoms with Crippen molar-refractivity contribution in [1.29, 1.82) is 0 Å². The van der Waals surface area contributed by atoms with Gasteiger partial charge in [-0.3, -0.25) is 0 Å². The van der Waals surface area contributed by atoms with E-state index in [4.69, 9.17) is 4.74 Å². The van der Waals surface area contributed by atoms with Gasteiger partial charge in [-0.15, -0.1) is 0 Å². The maximum Gasteiger partial charge on any atom is 0.326 e. The van der Waals surface area contributed by atoms with E-state index in [0.29, 0.717) is 24.8 Å². The summed E-state index contributed by atoms with van der Waals surface area (Å²) >= 11 is 0. The van der Waals surface area contributed by atoms with E-state index >= 15 is 0 Å². The summed E-state index contributed by atoms with van der Waals surface area (Å²) in [4.78, 5) is 22.1. The average molecular weight is 293 g/mol. The van der Waals surface area contributed by atoms with Gasteiger partial charge in [0.2, 0.25) is 5.88 Å². The number of carboxylic acid groups (broad SMARTS) is 1. The standard InChI is InChI=1S/C15H23N3O3/c1-5-21-13-10(2)12(16-9-17-13)18-8-6-7-15(3,4)11(18)14(19)20/h9,11H,5-8H2,1-4H3,(H,19,20). The summed E-state index contributed by atoms with van der Waals surface area (Å²) in [5.74, 6) is 0.374. The fourth-order valence-electron chi connectivity index (χ4n) is 3.09. The van der Waals surface area contributed by atoms with Crippen molar-refractivity contribution in [2.24, 2.45) is 5.41 Å². The average Bonchev–Trinajstić information content (AvgIpc) is 2.39. The van der Waals surface area contributed by atoms with Crippen LogP contribution < -0.4 is 9.64 Å². The van der Waals surface area contributed by atoms with Gasteiger partial charge in [-0.25, -0.2) is 14.8 Å². The quantitative estimate of drug-likeness (QED) is 0.917. The smallest absolute Gasteiger partial charge is 0.326 e. The van der Waals surface area contributed by atoms with E-state index in [-0.39, 0.29) is 5.41 Å². The molecule has 1 atom stereocenters. The third-order valence-electron chi connectivity index (χ3n) is 4.07. The molecule has 1 saturated heterocycles. The van der Waals surface area contributed by atoms with E-state index in [1.54, 1.807) is 0 Å². The van der Waals surface area contributed by atoms with Crippen LogP contribution in [-0.2, 0) is 4.79 Å². The summed E-state index contributed by atoms with van der Waals surface area (Å²) < 4.78 is 5.49. The van der Waals surface area contributed by atoms with Crippen molar-refractivity contribution >= 4 is 11.8 Å². The molecule has 1 fully saturated rings. The van der Waals surface area contributed by atoms with Gasteiger partial charge in [-0.2, -0.15) is 0 Å². The summed E-state index contributed by atoms with van der Waals surface area (Å²) in [5, 5.41) is 9.65. The molecular weight excluding hydrogens is 270 g/mol. The van der Waals surface area contributed by atoms with Crippen molar-refractivity contribution in [2.75, 3.05) is 18.1 Å². The van der Waals surface area contributed by atoms with Crippen LogP contribution in [0.15, 0.2) is 6.33 Å². The Hall–Kier alpha value is -1.85.